The van der Waals surface area contributed by atoms with E-state index in [0.717, 1.165) is 0 Å². The molecule has 32 heavy (non-hydrogen) atoms. The van der Waals surface area contributed by atoms with E-state index in [0.29, 0.717) is 5.76 Å². The van der Waals surface area contributed by atoms with Gasteiger partial charge < -0.3 is 13.9 Å². The highest BCUT2D eigenvalue weighted by molar-refractivity contribution is 7.89. The van der Waals surface area contributed by atoms with Crippen molar-refractivity contribution < 1.29 is 17.6 Å². The van der Waals surface area contributed by atoms with E-state index in [4.69, 9.17) is 27.6 Å². The van der Waals surface area contributed by atoms with Crippen LogP contribution in [0.4, 0.5) is 0 Å². The van der Waals surface area contributed by atoms with Crippen LogP contribution < -0.4 is 5.56 Å². The van der Waals surface area contributed by atoms with Gasteiger partial charge >= 0.3 is 0 Å². The van der Waals surface area contributed by atoms with Crippen molar-refractivity contribution in [3.8, 4) is 0 Å². The Hall–Kier alpha value is -2.59. The van der Waals surface area contributed by atoms with Crippen molar-refractivity contribution in [2.75, 3.05) is 26.2 Å². The second-order valence-corrected chi connectivity index (χ2v) is 9.95. The van der Waals surface area contributed by atoms with E-state index in [-0.39, 0.29) is 64.9 Å². The fourth-order valence-electron chi connectivity index (χ4n) is 3.44. The van der Waals surface area contributed by atoms with E-state index in [9.17, 15) is 18.0 Å². The SMILES string of the molecule is O=C(c1ccc(Cn2ccccc2=O)o1)N1CCN(S(=O)(=O)c2cc(Cl)ccc2Cl)CC1. The van der Waals surface area contributed by atoms with Gasteiger partial charge in [0, 0.05) is 43.5 Å². The third kappa shape index (κ3) is 4.61. The molecule has 11 heteroatoms. The molecule has 1 saturated heterocycles. The third-order valence-corrected chi connectivity index (χ3v) is 7.75. The largest absolute Gasteiger partial charge is 0.454 e. The summed E-state index contributed by atoms with van der Waals surface area (Å²) in [6.07, 6.45) is 1.64. The molecule has 4 rings (SSSR count). The van der Waals surface area contributed by atoms with E-state index in [1.54, 1.807) is 30.5 Å². The average Bonchev–Trinajstić information content (AvgIpc) is 3.25. The van der Waals surface area contributed by atoms with Crippen LogP contribution in [0.2, 0.25) is 10.0 Å². The minimum absolute atomic E-state index is 0.0572. The average molecular weight is 496 g/mol. The second kappa shape index (κ2) is 9.11. The highest BCUT2D eigenvalue weighted by Gasteiger charge is 2.32. The summed E-state index contributed by atoms with van der Waals surface area (Å²) in [5, 5.41) is 0.363. The Balaban J connectivity index is 1.42. The number of halogens is 2. The van der Waals surface area contributed by atoms with Crippen molar-refractivity contribution >= 4 is 39.1 Å². The Kier molecular flexibility index (Phi) is 6.43. The molecule has 0 N–H and O–H groups in total. The Labute approximate surface area is 194 Å². The standard InChI is InChI=1S/C21H19Cl2N3O5S/c22-15-4-6-17(23)19(13-15)32(29,30)26-11-9-24(10-12-26)21(28)18-7-5-16(31-18)14-25-8-2-1-3-20(25)27/h1-8,13H,9-12,14H2. The number of furan rings is 1. The minimum atomic E-state index is -3.84. The number of hydrogen-bond acceptors (Lipinski definition) is 5. The van der Waals surface area contributed by atoms with Gasteiger partial charge in [0.05, 0.1) is 11.6 Å². The number of carbonyl (C=O) groups excluding carboxylic acids is 1. The summed E-state index contributed by atoms with van der Waals surface area (Å²) in [6, 6.07) is 12.3. The summed E-state index contributed by atoms with van der Waals surface area (Å²) >= 11 is 12.0. The van der Waals surface area contributed by atoms with Crippen LogP contribution in [-0.4, -0.2) is 54.3 Å². The molecule has 0 radical (unpaired) electrons. The number of nitrogens with zero attached hydrogens (tertiary/aromatic N) is 3. The molecule has 1 fully saturated rings. The summed E-state index contributed by atoms with van der Waals surface area (Å²) in [7, 11) is -3.84. The van der Waals surface area contributed by atoms with Gasteiger partial charge in [-0.05, 0) is 36.4 Å². The van der Waals surface area contributed by atoms with Crippen molar-refractivity contribution in [3.05, 3.63) is 86.6 Å². The van der Waals surface area contributed by atoms with Crippen molar-refractivity contribution in [1.29, 1.82) is 0 Å². The maximum atomic E-state index is 12.9. The molecule has 3 aromatic rings. The Bertz CT molecular complexity index is 1310. The fraction of sp³-hybridized carbons (Fsp3) is 0.238. The van der Waals surface area contributed by atoms with Gasteiger partial charge in [0.25, 0.3) is 11.5 Å². The number of piperazine rings is 1. The first kappa shape index (κ1) is 22.6. The molecule has 3 heterocycles. The van der Waals surface area contributed by atoms with Gasteiger partial charge in [-0.25, -0.2) is 8.42 Å². The van der Waals surface area contributed by atoms with Gasteiger partial charge in [0.15, 0.2) is 5.76 Å². The number of aromatic nitrogens is 1. The van der Waals surface area contributed by atoms with E-state index >= 15 is 0 Å². The van der Waals surface area contributed by atoms with Gasteiger partial charge in [0.1, 0.15) is 10.7 Å². The highest BCUT2D eigenvalue weighted by Crippen LogP contribution is 2.28. The Morgan fingerprint density at radius 3 is 2.47 bits per heavy atom. The van der Waals surface area contributed by atoms with E-state index in [2.05, 4.69) is 0 Å². The van der Waals surface area contributed by atoms with Crippen LogP contribution in [0.1, 0.15) is 16.3 Å². The van der Waals surface area contributed by atoms with Crippen LogP contribution in [0.15, 0.2) is 68.8 Å². The molecule has 0 aliphatic carbocycles. The van der Waals surface area contributed by atoms with Crippen LogP contribution >= 0.6 is 23.2 Å². The molecular weight excluding hydrogens is 477 g/mol. The molecule has 0 spiro atoms. The molecule has 1 aliphatic rings. The Morgan fingerprint density at radius 2 is 1.75 bits per heavy atom. The maximum Gasteiger partial charge on any atom is 0.289 e. The van der Waals surface area contributed by atoms with Gasteiger partial charge in [-0.2, -0.15) is 4.31 Å². The van der Waals surface area contributed by atoms with Crippen molar-refractivity contribution in [2.24, 2.45) is 0 Å². The van der Waals surface area contributed by atoms with Crippen molar-refractivity contribution in [1.82, 2.24) is 13.8 Å². The molecule has 8 nitrogen and oxygen atoms in total. The van der Waals surface area contributed by atoms with Crippen LogP contribution in [0.25, 0.3) is 0 Å². The van der Waals surface area contributed by atoms with Crippen molar-refractivity contribution in [3.63, 3.8) is 0 Å². The molecule has 0 bridgehead atoms. The number of hydrogen-bond donors (Lipinski definition) is 0. The van der Waals surface area contributed by atoms with Gasteiger partial charge in [-0.15, -0.1) is 0 Å². The lowest BCUT2D eigenvalue weighted by molar-refractivity contribution is 0.0664. The van der Waals surface area contributed by atoms with Crippen LogP contribution in [-0.2, 0) is 16.6 Å². The molecule has 0 atom stereocenters. The number of amides is 1. The zero-order valence-corrected chi connectivity index (χ0v) is 19.1. The monoisotopic (exact) mass is 495 g/mol. The molecule has 0 unspecified atom stereocenters. The third-order valence-electron chi connectivity index (χ3n) is 5.13. The summed E-state index contributed by atoms with van der Waals surface area (Å²) < 4.78 is 34.3. The smallest absolute Gasteiger partial charge is 0.289 e. The lowest BCUT2D eigenvalue weighted by Gasteiger charge is -2.33. The minimum Gasteiger partial charge on any atom is -0.454 e. The quantitative estimate of drug-likeness (QED) is 0.542. The van der Waals surface area contributed by atoms with Crippen molar-refractivity contribution in [2.45, 2.75) is 11.4 Å². The summed E-state index contributed by atoms with van der Waals surface area (Å²) in [4.78, 5) is 26.1. The lowest BCUT2D eigenvalue weighted by atomic mass is 10.3. The van der Waals surface area contributed by atoms with Gasteiger partial charge in [0.2, 0.25) is 10.0 Å². The predicted octanol–water partition coefficient (Wildman–Crippen LogP) is 2.94. The summed E-state index contributed by atoms with van der Waals surface area (Å²) in [5.74, 6) is 0.270. The fourth-order valence-corrected chi connectivity index (χ4v) is 5.60. The summed E-state index contributed by atoms with van der Waals surface area (Å²) in [6.45, 7) is 0.835. The maximum absolute atomic E-state index is 12.9. The van der Waals surface area contributed by atoms with E-state index < -0.39 is 10.0 Å². The number of sulfonamides is 1. The molecular formula is C21H19Cl2N3O5S. The van der Waals surface area contributed by atoms with Gasteiger partial charge in [-0.1, -0.05) is 29.3 Å². The predicted molar refractivity (Wildman–Crippen MR) is 120 cm³/mol. The first-order valence-corrected chi connectivity index (χ1v) is 11.9. The van der Waals surface area contributed by atoms with Crippen LogP contribution in [0.5, 0.6) is 0 Å². The normalized spacial score (nSPS) is 15.1. The van der Waals surface area contributed by atoms with E-state index in [1.807, 2.05) is 0 Å². The first-order chi connectivity index (χ1) is 15.3. The second-order valence-electron chi connectivity index (χ2n) is 7.20. The zero-order valence-electron chi connectivity index (χ0n) is 16.8. The molecule has 168 valence electrons. The Morgan fingerprint density at radius 1 is 1.00 bits per heavy atom. The lowest BCUT2D eigenvalue weighted by Crippen LogP contribution is -2.50. The molecule has 0 saturated carbocycles. The number of carbonyl (C=O) groups is 1. The number of benzene rings is 1. The molecule has 1 amide bonds. The highest BCUT2D eigenvalue weighted by atomic mass is 35.5. The number of pyridine rings is 1. The van der Waals surface area contributed by atoms with Crippen LogP contribution in [0.3, 0.4) is 0 Å². The summed E-state index contributed by atoms with van der Waals surface area (Å²) in [5.41, 5.74) is -0.172. The van der Waals surface area contributed by atoms with Gasteiger partial charge in [-0.3, -0.25) is 9.59 Å². The molecule has 1 aliphatic heterocycles. The zero-order chi connectivity index (χ0) is 22.9. The van der Waals surface area contributed by atoms with E-state index in [1.165, 1.54) is 38.0 Å². The molecule has 2 aromatic heterocycles. The topological polar surface area (TPSA) is 92.8 Å². The van der Waals surface area contributed by atoms with Crippen LogP contribution in [0, 0.1) is 0 Å². The molecule has 1 aromatic carbocycles. The first-order valence-electron chi connectivity index (χ1n) is 9.74. The number of rotatable bonds is 5.